The number of aromatic nitrogens is 3. The molecule has 2 heterocycles. The third-order valence-corrected chi connectivity index (χ3v) is 4.51. The highest BCUT2D eigenvalue weighted by Gasteiger charge is 2.15. The highest BCUT2D eigenvalue weighted by Crippen LogP contribution is 2.23. The van der Waals surface area contributed by atoms with Crippen LogP contribution < -0.4 is 5.56 Å². The molecule has 0 saturated heterocycles. The second-order valence-corrected chi connectivity index (χ2v) is 6.69. The van der Waals surface area contributed by atoms with E-state index in [1.165, 1.54) is 0 Å². The first-order valence-corrected chi connectivity index (χ1v) is 8.89. The molecule has 0 atom stereocenters. The fourth-order valence-corrected chi connectivity index (χ4v) is 3.21. The minimum atomic E-state index is -0.0445. The number of nitrogens with zero attached hydrogens (tertiary/aromatic N) is 2. The molecule has 1 N–H and O–H groups in total. The maximum Gasteiger partial charge on any atom is 0.264 e. The van der Waals surface area contributed by atoms with Crippen molar-refractivity contribution in [3.8, 4) is 17.5 Å². The second kappa shape index (κ2) is 6.97. The van der Waals surface area contributed by atoms with Crippen LogP contribution in [-0.4, -0.2) is 14.5 Å². The Bertz CT molecular complexity index is 1210. The highest BCUT2D eigenvalue weighted by atomic mass is 16.1. The van der Waals surface area contributed by atoms with Crippen LogP contribution in [0.2, 0.25) is 0 Å². The Labute approximate surface area is 157 Å². The summed E-state index contributed by atoms with van der Waals surface area (Å²) < 4.78 is 1.80. The molecule has 4 rings (SSSR count). The number of nitrogens with one attached hydrogen (secondary N) is 1. The van der Waals surface area contributed by atoms with Crippen molar-refractivity contribution in [3.05, 3.63) is 94.4 Å². The molecule has 2 aromatic heterocycles. The van der Waals surface area contributed by atoms with Crippen LogP contribution in [0.15, 0.2) is 71.9 Å². The Morgan fingerprint density at radius 1 is 1.04 bits per heavy atom. The highest BCUT2D eigenvalue weighted by molar-refractivity contribution is 5.88. The van der Waals surface area contributed by atoms with Gasteiger partial charge < -0.3 is 4.98 Å². The number of imidazole rings is 1. The summed E-state index contributed by atoms with van der Waals surface area (Å²) in [5.74, 6) is 6.37. The minimum absolute atomic E-state index is 0.0445. The number of benzene rings is 2. The van der Waals surface area contributed by atoms with Crippen LogP contribution in [0.3, 0.4) is 0 Å². The number of rotatable bonds is 2. The van der Waals surface area contributed by atoms with E-state index in [1.54, 1.807) is 17.1 Å². The number of fused-ring (bicyclic) bond motifs is 1. The predicted octanol–water partition coefficient (Wildman–Crippen LogP) is 4.24. The molecule has 0 fully saturated rings. The Kier molecular flexibility index (Phi) is 4.35. The van der Waals surface area contributed by atoms with Crippen molar-refractivity contribution in [1.29, 1.82) is 0 Å². The summed E-state index contributed by atoms with van der Waals surface area (Å²) in [6.45, 7) is 4.20. The summed E-state index contributed by atoms with van der Waals surface area (Å²) >= 11 is 0. The lowest BCUT2D eigenvalue weighted by atomic mass is 10.0. The lowest BCUT2D eigenvalue weighted by Crippen LogP contribution is -2.23. The molecule has 0 unspecified atom stereocenters. The first kappa shape index (κ1) is 16.9. The molecular formula is C23H19N3O. The molecule has 2 aromatic carbocycles. The van der Waals surface area contributed by atoms with Gasteiger partial charge in [-0.1, -0.05) is 50.1 Å². The van der Waals surface area contributed by atoms with Crippen molar-refractivity contribution < 1.29 is 0 Å². The standard InChI is InChI=1S/C23H19N3O/c1-16(2)21-13-18-8-6-7-17(11-12-19-14-24-15-25-19)22(18)23(27)26(21)20-9-4-3-5-10-20/h3-10,13-16H,1-2H3,(H,24,25). The summed E-state index contributed by atoms with van der Waals surface area (Å²) in [5, 5.41) is 1.55. The van der Waals surface area contributed by atoms with Gasteiger partial charge in [0.15, 0.2) is 0 Å². The van der Waals surface area contributed by atoms with Crippen molar-refractivity contribution in [2.75, 3.05) is 0 Å². The minimum Gasteiger partial charge on any atom is -0.338 e. The number of H-pyrrole nitrogens is 1. The van der Waals surface area contributed by atoms with Crippen LogP contribution in [0.4, 0.5) is 0 Å². The van der Waals surface area contributed by atoms with E-state index in [0.29, 0.717) is 16.6 Å². The number of hydrogen-bond acceptors (Lipinski definition) is 2. The van der Waals surface area contributed by atoms with Crippen molar-refractivity contribution in [2.24, 2.45) is 0 Å². The molecule has 27 heavy (non-hydrogen) atoms. The van der Waals surface area contributed by atoms with Gasteiger partial charge >= 0.3 is 0 Å². The van der Waals surface area contributed by atoms with Crippen LogP contribution in [-0.2, 0) is 0 Å². The van der Waals surface area contributed by atoms with Gasteiger partial charge in [0, 0.05) is 16.9 Å². The molecule has 0 aliphatic carbocycles. The van der Waals surface area contributed by atoms with Crippen LogP contribution in [0.5, 0.6) is 0 Å². The van der Waals surface area contributed by atoms with E-state index in [1.807, 2.05) is 48.5 Å². The first-order chi connectivity index (χ1) is 13.1. The smallest absolute Gasteiger partial charge is 0.264 e. The van der Waals surface area contributed by atoms with E-state index >= 15 is 0 Å². The average molecular weight is 353 g/mol. The molecule has 4 heteroatoms. The third-order valence-electron chi connectivity index (χ3n) is 4.51. The van der Waals surface area contributed by atoms with Crippen molar-refractivity contribution in [1.82, 2.24) is 14.5 Å². The predicted molar refractivity (Wildman–Crippen MR) is 108 cm³/mol. The number of para-hydroxylation sites is 1. The van der Waals surface area contributed by atoms with Gasteiger partial charge in [-0.2, -0.15) is 0 Å². The van der Waals surface area contributed by atoms with Crippen molar-refractivity contribution in [2.45, 2.75) is 19.8 Å². The summed E-state index contributed by atoms with van der Waals surface area (Å²) in [5.41, 5.74) is 3.24. The van der Waals surface area contributed by atoms with Gasteiger partial charge in [-0.25, -0.2) is 4.98 Å². The van der Waals surface area contributed by atoms with Gasteiger partial charge in [-0.15, -0.1) is 0 Å². The van der Waals surface area contributed by atoms with Crippen LogP contribution >= 0.6 is 0 Å². The molecule has 4 aromatic rings. The molecule has 4 nitrogen and oxygen atoms in total. The normalized spacial score (nSPS) is 10.8. The molecule has 0 bridgehead atoms. The van der Waals surface area contributed by atoms with E-state index in [4.69, 9.17) is 0 Å². The fourth-order valence-electron chi connectivity index (χ4n) is 3.21. The maximum absolute atomic E-state index is 13.5. The summed E-state index contributed by atoms with van der Waals surface area (Å²) in [7, 11) is 0. The largest absolute Gasteiger partial charge is 0.338 e. The zero-order chi connectivity index (χ0) is 18.8. The van der Waals surface area contributed by atoms with Crippen molar-refractivity contribution >= 4 is 10.8 Å². The molecule has 0 aliphatic rings. The monoisotopic (exact) mass is 353 g/mol. The lowest BCUT2D eigenvalue weighted by Gasteiger charge is -2.17. The summed E-state index contributed by atoms with van der Waals surface area (Å²) in [6.07, 6.45) is 3.25. The fraction of sp³-hybridized carbons (Fsp3) is 0.130. The van der Waals surface area contributed by atoms with Crippen molar-refractivity contribution in [3.63, 3.8) is 0 Å². The van der Waals surface area contributed by atoms with E-state index in [9.17, 15) is 4.79 Å². The first-order valence-electron chi connectivity index (χ1n) is 8.89. The van der Waals surface area contributed by atoms with Gasteiger partial charge in [0.05, 0.1) is 17.9 Å². The lowest BCUT2D eigenvalue weighted by molar-refractivity contribution is 0.765. The Morgan fingerprint density at radius 2 is 1.85 bits per heavy atom. The SMILES string of the molecule is CC(C)c1cc2cccc(C#Cc3cnc[nH]3)c2c(=O)n1-c1ccccc1. The summed E-state index contributed by atoms with van der Waals surface area (Å²) in [6, 6.07) is 17.6. The molecule has 0 radical (unpaired) electrons. The summed E-state index contributed by atoms with van der Waals surface area (Å²) in [4.78, 5) is 20.4. The maximum atomic E-state index is 13.5. The van der Waals surface area contributed by atoms with E-state index < -0.39 is 0 Å². The molecule has 0 amide bonds. The van der Waals surface area contributed by atoms with Gasteiger partial charge in [0.2, 0.25) is 0 Å². The molecule has 0 aliphatic heterocycles. The number of pyridine rings is 1. The van der Waals surface area contributed by atoms with Crippen LogP contribution in [0.25, 0.3) is 16.5 Å². The zero-order valence-corrected chi connectivity index (χ0v) is 15.2. The van der Waals surface area contributed by atoms with Crippen LogP contribution in [0, 0.1) is 11.8 Å². The second-order valence-electron chi connectivity index (χ2n) is 6.69. The van der Waals surface area contributed by atoms with Gasteiger partial charge in [0.1, 0.15) is 5.69 Å². The van der Waals surface area contributed by atoms with E-state index in [2.05, 4.69) is 41.7 Å². The number of hydrogen-bond donors (Lipinski definition) is 1. The Hall–Kier alpha value is -3.58. The van der Waals surface area contributed by atoms with Gasteiger partial charge in [-0.05, 0) is 41.5 Å². The van der Waals surface area contributed by atoms with Gasteiger partial charge in [-0.3, -0.25) is 9.36 Å². The van der Waals surface area contributed by atoms with Crippen LogP contribution in [0.1, 0.15) is 36.7 Å². The van der Waals surface area contributed by atoms with E-state index in [0.717, 1.165) is 16.8 Å². The van der Waals surface area contributed by atoms with Gasteiger partial charge in [0.25, 0.3) is 5.56 Å². The quantitative estimate of drug-likeness (QED) is 0.548. The average Bonchev–Trinajstić information content (AvgIpc) is 3.20. The van der Waals surface area contributed by atoms with E-state index in [-0.39, 0.29) is 11.5 Å². The molecule has 0 spiro atoms. The zero-order valence-electron chi connectivity index (χ0n) is 15.2. The molecular weight excluding hydrogens is 334 g/mol. The topological polar surface area (TPSA) is 50.7 Å². The Morgan fingerprint density at radius 3 is 2.56 bits per heavy atom. The molecule has 132 valence electrons. The molecule has 0 saturated carbocycles. The number of aromatic amines is 1. The third kappa shape index (κ3) is 3.16. The Balaban J connectivity index is 2.03.